The molecule has 3 aromatic carbocycles. The Morgan fingerprint density at radius 2 is 1.76 bits per heavy atom. The third-order valence-electron chi connectivity index (χ3n) is 3.40. The maximum Gasteiger partial charge on any atom is 0.124 e. The number of phenols is 1. The summed E-state index contributed by atoms with van der Waals surface area (Å²) in [6.45, 7) is 1.87. The van der Waals surface area contributed by atoms with Gasteiger partial charge in [-0.05, 0) is 36.6 Å². The van der Waals surface area contributed by atoms with E-state index in [1.165, 1.54) is 0 Å². The number of hydrogen-bond donors (Lipinski definition) is 1. The molecule has 0 atom stereocenters. The van der Waals surface area contributed by atoms with Gasteiger partial charge in [-0.1, -0.05) is 48.0 Å². The van der Waals surface area contributed by atoms with Gasteiger partial charge in [0.15, 0.2) is 0 Å². The summed E-state index contributed by atoms with van der Waals surface area (Å²) in [5.41, 5.74) is 2.26. The van der Waals surface area contributed by atoms with Crippen LogP contribution in [-0.2, 0) is 0 Å². The first kappa shape index (κ1) is 13.7. The van der Waals surface area contributed by atoms with Crippen LogP contribution in [0, 0.1) is 0 Å². The van der Waals surface area contributed by atoms with Crippen molar-refractivity contribution in [3.05, 3.63) is 71.2 Å². The van der Waals surface area contributed by atoms with Gasteiger partial charge >= 0.3 is 0 Å². The number of aromatic hydroxyl groups is 1. The van der Waals surface area contributed by atoms with E-state index < -0.39 is 0 Å². The molecule has 21 heavy (non-hydrogen) atoms. The average molecular weight is 296 g/mol. The number of fused-ring (bicyclic) bond motifs is 1. The van der Waals surface area contributed by atoms with E-state index in [-0.39, 0.29) is 5.75 Å². The summed E-state index contributed by atoms with van der Waals surface area (Å²) >= 11 is 5.99. The van der Waals surface area contributed by atoms with E-state index in [0.29, 0.717) is 10.6 Å². The maximum absolute atomic E-state index is 9.96. The Balaban J connectivity index is 2.13. The van der Waals surface area contributed by atoms with Crippen LogP contribution in [0.3, 0.4) is 0 Å². The molecule has 1 N–H and O–H groups in total. The van der Waals surface area contributed by atoms with Gasteiger partial charge < -0.3 is 5.11 Å². The van der Waals surface area contributed by atoms with Crippen molar-refractivity contribution in [1.82, 2.24) is 0 Å². The van der Waals surface area contributed by atoms with Gasteiger partial charge in [0.2, 0.25) is 0 Å². The minimum Gasteiger partial charge on any atom is -0.507 e. The zero-order valence-electron chi connectivity index (χ0n) is 11.5. The van der Waals surface area contributed by atoms with Gasteiger partial charge in [0.25, 0.3) is 0 Å². The van der Waals surface area contributed by atoms with Crippen molar-refractivity contribution in [2.45, 2.75) is 6.92 Å². The molecular weight excluding hydrogens is 282 g/mol. The Morgan fingerprint density at radius 3 is 2.62 bits per heavy atom. The second kappa shape index (κ2) is 5.58. The Labute approximate surface area is 128 Å². The third-order valence-corrected chi connectivity index (χ3v) is 3.64. The monoisotopic (exact) mass is 295 g/mol. The van der Waals surface area contributed by atoms with Crippen LogP contribution in [0.4, 0.5) is 5.69 Å². The number of nitrogens with zero attached hydrogens (tertiary/aromatic N) is 1. The summed E-state index contributed by atoms with van der Waals surface area (Å²) in [4.78, 5) is 4.66. The molecule has 3 aromatic rings. The van der Waals surface area contributed by atoms with E-state index in [2.05, 4.69) is 17.1 Å². The van der Waals surface area contributed by atoms with Gasteiger partial charge in [-0.15, -0.1) is 0 Å². The van der Waals surface area contributed by atoms with Crippen LogP contribution in [0.15, 0.2) is 65.7 Å². The molecule has 3 rings (SSSR count). The topological polar surface area (TPSA) is 32.6 Å². The van der Waals surface area contributed by atoms with Crippen LogP contribution >= 0.6 is 11.6 Å². The van der Waals surface area contributed by atoms with Crippen molar-refractivity contribution >= 4 is 33.8 Å². The van der Waals surface area contributed by atoms with Crippen molar-refractivity contribution in [2.24, 2.45) is 4.99 Å². The molecule has 0 amide bonds. The van der Waals surface area contributed by atoms with Crippen LogP contribution in [0.2, 0.25) is 5.02 Å². The molecule has 2 nitrogen and oxygen atoms in total. The molecule has 0 aromatic heterocycles. The fraction of sp³-hybridized carbons (Fsp3) is 0.0556. The molecule has 0 bridgehead atoms. The Bertz CT molecular complexity index is 834. The summed E-state index contributed by atoms with van der Waals surface area (Å²) in [6, 6.07) is 19.1. The lowest BCUT2D eigenvalue weighted by molar-refractivity contribution is 0.474. The van der Waals surface area contributed by atoms with Crippen LogP contribution in [-0.4, -0.2) is 10.8 Å². The van der Waals surface area contributed by atoms with Crippen molar-refractivity contribution < 1.29 is 5.11 Å². The van der Waals surface area contributed by atoms with E-state index in [9.17, 15) is 5.11 Å². The molecular formula is C18H14ClNO. The standard InChI is InChI=1S/C18H14ClNO/c1-12(16-11-14(19)9-10-18(16)21)20-17-8-4-6-13-5-2-3-7-15(13)17/h2-11,21H,1H3. The second-order valence-electron chi connectivity index (χ2n) is 4.86. The molecule has 3 heteroatoms. The van der Waals surface area contributed by atoms with Crippen LogP contribution in [0.25, 0.3) is 10.8 Å². The first-order valence-corrected chi connectivity index (χ1v) is 7.05. The molecule has 0 saturated heterocycles. The van der Waals surface area contributed by atoms with Crippen LogP contribution < -0.4 is 0 Å². The minimum absolute atomic E-state index is 0.181. The number of halogens is 1. The number of hydrogen-bond acceptors (Lipinski definition) is 2. The number of aliphatic imine (C=N–C) groups is 1. The molecule has 0 fully saturated rings. The summed E-state index contributed by atoms with van der Waals surface area (Å²) in [5.74, 6) is 0.181. The lowest BCUT2D eigenvalue weighted by Crippen LogP contribution is -1.94. The maximum atomic E-state index is 9.96. The Hall–Kier alpha value is -2.32. The zero-order valence-corrected chi connectivity index (χ0v) is 12.3. The first-order valence-electron chi connectivity index (χ1n) is 6.67. The quantitative estimate of drug-likeness (QED) is 0.636. The molecule has 0 aliphatic heterocycles. The van der Waals surface area contributed by atoms with E-state index in [1.54, 1.807) is 18.2 Å². The van der Waals surface area contributed by atoms with Crippen molar-refractivity contribution in [3.8, 4) is 5.75 Å². The fourth-order valence-corrected chi connectivity index (χ4v) is 2.52. The second-order valence-corrected chi connectivity index (χ2v) is 5.29. The first-order chi connectivity index (χ1) is 10.1. The highest BCUT2D eigenvalue weighted by molar-refractivity contribution is 6.31. The molecule has 0 aliphatic rings. The van der Waals surface area contributed by atoms with Gasteiger partial charge in [0.1, 0.15) is 5.75 Å². The van der Waals surface area contributed by atoms with Gasteiger partial charge in [-0.3, -0.25) is 4.99 Å². The van der Waals surface area contributed by atoms with E-state index in [1.807, 2.05) is 37.3 Å². The van der Waals surface area contributed by atoms with Crippen molar-refractivity contribution in [2.75, 3.05) is 0 Å². The highest BCUT2D eigenvalue weighted by atomic mass is 35.5. The van der Waals surface area contributed by atoms with E-state index >= 15 is 0 Å². The fourth-order valence-electron chi connectivity index (χ4n) is 2.34. The molecule has 104 valence electrons. The van der Waals surface area contributed by atoms with Crippen LogP contribution in [0.1, 0.15) is 12.5 Å². The van der Waals surface area contributed by atoms with Gasteiger partial charge in [-0.2, -0.15) is 0 Å². The lowest BCUT2D eigenvalue weighted by Gasteiger charge is -2.07. The molecule has 0 unspecified atom stereocenters. The molecule has 0 heterocycles. The van der Waals surface area contributed by atoms with Crippen molar-refractivity contribution in [1.29, 1.82) is 0 Å². The summed E-state index contributed by atoms with van der Waals surface area (Å²) in [6.07, 6.45) is 0. The zero-order chi connectivity index (χ0) is 14.8. The normalized spacial score (nSPS) is 11.8. The summed E-state index contributed by atoms with van der Waals surface area (Å²) < 4.78 is 0. The highest BCUT2D eigenvalue weighted by Crippen LogP contribution is 2.28. The van der Waals surface area contributed by atoms with Crippen LogP contribution in [0.5, 0.6) is 5.75 Å². The predicted octanol–water partition coefficient (Wildman–Crippen LogP) is 5.34. The van der Waals surface area contributed by atoms with E-state index in [0.717, 1.165) is 22.2 Å². The third kappa shape index (κ3) is 2.76. The molecule has 0 saturated carbocycles. The molecule has 0 spiro atoms. The molecule has 0 aliphatic carbocycles. The lowest BCUT2D eigenvalue weighted by atomic mass is 10.1. The Morgan fingerprint density at radius 1 is 1.00 bits per heavy atom. The predicted molar refractivity (Wildman–Crippen MR) is 88.9 cm³/mol. The van der Waals surface area contributed by atoms with Gasteiger partial charge in [-0.25, -0.2) is 0 Å². The summed E-state index contributed by atoms with van der Waals surface area (Å²) in [5, 5.41) is 12.8. The average Bonchev–Trinajstić information content (AvgIpc) is 2.50. The minimum atomic E-state index is 0.181. The number of phenolic OH excluding ortho intramolecular Hbond substituents is 1. The smallest absolute Gasteiger partial charge is 0.124 e. The van der Waals surface area contributed by atoms with Gasteiger partial charge in [0, 0.05) is 21.7 Å². The Kier molecular flexibility index (Phi) is 3.63. The van der Waals surface area contributed by atoms with Crippen molar-refractivity contribution in [3.63, 3.8) is 0 Å². The SMILES string of the molecule is CC(=Nc1cccc2ccccc12)c1cc(Cl)ccc1O. The number of benzene rings is 3. The van der Waals surface area contributed by atoms with Gasteiger partial charge in [0.05, 0.1) is 5.69 Å². The largest absolute Gasteiger partial charge is 0.507 e. The summed E-state index contributed by atoms with van der Waals surface area (Å²) in [7, 11) is 0. The number of rotatable bonds is 2. The highest BCUT2D eigenvalue weighted by Gasteiger charge is 2.07. The molecule has 0 radical (unpaired) electrons. The van der Waals surface area contributed by atoms with E-state index in [4.69, 9.17) is 11.6 Å².